The Morgan fingerprint density at radius 2 is 2.05 bits per heavy atom. The van der Waals surface area contributed by atoms with Crippen molar-refractivity contribution in [2.75, 3.05) is 0 Å². The molecule has 0 saturated heterocycles. The predicted octanol–water partition coefficient (Wildman–Crippen LogP) is 2.94. The highest BCUT2D eigenvalue weighted by molar-refractivity contribution is 6.30. The Kier molecular flexibility index (Phi) is 3.49. The molecule has 2 heterocycles. The molecule has 0 saturated carbocycles. The van der Waals surface area contributed by atoms with Crippen LogP contribution in [0.1, 0.15) is 11.3 Å². The first-order valence-corrected chi connectivity index (χ1v) is 6.69. The third-order valence-electron chi connectivity index (χ3n) is 3.07. The van der Waals surface area contributed by atoms with Gasteiger partial charge in [0.15, 0.2) is 0 Å². The van der Waals surface area contributed by atoms with Crippen LogP contribution < -0.4 is 10.3 Å². The van der Waals surface area contributed by atoms with Crippen molar-refractivity contribution < 1.29 is 4.74 Å². The van der Waals surface area contributed by atoms with Crippen LogP contribution in [-0.4, -0.2) is 15.0 Å². The monoisotopic (exact) mass is 312 g/mol. The van der Waals surface area contributed by atoms with Gasteiger partial charge in [0.1, 0.15) is 22.9 Å². The topological polar surface area (TPSA) is 91.7 Å². The van der Waals surface area contributed by atoms with Gasteiger partial charge in [-0.25, -0.2) is 9.97 Å². The van der Waals surface area contributed by atoms with E-state index in [9.17, 15) is 10.1 Å². The molecule has 0 aliphatic heterocycles. The van der Waals surface area contributed by atoms with Gasteiger partial charge in [-0.1, -0.05) is 11.6 Å². The van der Waals surface area contributed by atoms with E-state index >= 15 is 0 Å². The van der Waals surface area contributed by atoms with Gasteiger partial charge >= 0.3 is 0 Å². The third kappa shape index (κ3) is 2.38. The van der Waals surface area contributed by atoms with Gasteiger partial charge in [0.2, 0.25) is 5.88 Å². The summed E-state index contributed by atoms with van der Waals surface area (Å²) >= 11 is 5.82. The number of aromatic nitrogens is 3. The Balaban J connectivity index is 2.20. The molecule has 0 fully saturated rings. The quantitative estimate of drug-likeness (QED) is 0.785. The normalized spacial score (nSPS) is 10.4. The first kappa shape index (κ1) is 14.0. The number of nitriles is 1. The summed E-state index contributed by atoms with van der Waals surface area (Å²) < 4.78 is 5.64. The molecule has 0 aliphatic carbocycles. The molecular weight excluding hydrogens is 304 g/mol. The molecule has 0 bridgehead atoms. The number of pyridine rings is 1. The van der Waals surface area contributed by atoms with Crippen molar-refractivity contribution in [3.05, 3.63) is 57.2 Å². The zero-order chi connectivity index (χ0) is 15.7. The number of H-pyrrole nitrogens is 1. The molecule has 0 spiro atoms. The minimum atomic E-state index is -0.343. The van der Waals surface area contributed by atoms with Crippen molar-refractivity contribution in [3.8, 4) is 17.7 Å². The van der Waals surface area contributed by atoms with Gasteiger partial charge < -0.3 is 9.72 Å². The van der Waals surface area contributed by atoms with E-state index in [-0.39, 0.29) is 27.9 Å². The molecule has 2 aromatic heterocycles. The lowest BCUT2D eigenvalue weighted by atomic mass is 10.1. The largest absolute Gasteiger partial charge is 0.438 e. The lowest BCUT2D eigenvalue weighted by Crippen LogP contribution is -2.10. The van der Waals surface area contributed by atoms with E-state index in [1.165, 1.54) is 6.33 Å². The van der Waals surface area contributed by atoms with Crippen LogP contribution in [0.25, 0.3) is 10.9 Å². The Morgan fingerprint density at radius 1 is 1.32 bits per heavy atom. The predicted molar refractivity (Wildman–Crippen MR) is 81.1 cm³/mol. The van der Waals surface area contributed by atoms with Gasteiger partial charge in [-0.3, -0.25) is 4.79 Å². The zero-order valence-corrected chi connectivity index (χ0v) is 12.2. The van der Waals surface area contributed by atoms with Crippen LogP contribution in [0.4, 0.5) is 0 Å². The molecule has 6 nitrogen and oxygen atoms in total. The molecule has 0 aliphatic rings. The third-order valence-corrected chi connectivity index (χ3v) is 3.33. The van der Waals surface area contributed by atoms with Crippen molar-refractivity contribution in [3.63, 3.8) is 0 Å². The fourth-order valence-electron chi connectivity index (χ4n) is 2.08. The molecule has 0 unspecified atom stereocenters. The number of benzene rings is 1. The molecule has 3 aromatic rings. The maximum Gasteiger partial charge on any atom is 0.260 e. The fourth-order valence-corrected chi connectivity index (χ4v) is 2.21. The molecule has 0 atom stereocenters. The average molecular weight is 313 g/mol. The van der Waals surface area contributed by atoms with Crippen molar-refractivity contribution in [1.29, 1.82) is 5.26 Å². The van der Waals surface area contributed by atoms with Gasteiger partial charge in [-0.05, 0) is 31.2 Å². The molecule has 3 rings (SSSR count). The maximum absolute atomic E-state index is 11.9. The first-order chi connectivity index (χ1) is 10.6. The van der Waals surface area contributed by atoms with Crippen molar-refractivity contribution in [2.24, 2.45) is 0 Å². The smallest absolute Gasteiger partial charge is 0.260 e. The molecular formula is C15H9ClN4O2. The molecule has 1 N–H and O–H groups in total. The summed E-state index contributed by atoms with van der Waals surface area (Å²) in [6.07, 6.45) is 1.25. The van der Waals surface area contributed by atoms with Crippen molar-refractivity contribution in [1.82, 2.24) is 15.0 Å². The number of fused-ring (bicyclic) bond motifs is 1. The minimum absolute atomic E-state index is 0.105. The number of hydrogen-bond acceptors (Lipinski definition) is 5. The van der Waals surface area contributed by atoms with Crippen molar-refractivity contribution in [2.45, 2.75) is 6.92 Å². The summed E-state index contributed by atoms with van der Waals surface area (Å²) in [6.45, 7) is 1.66. The van der Waals surface area contributed by atoms with Crippen LogP contribution >= 0.6 is 11.6 Å². The standard InChI is InChI=1S/C15H9ClN4O2/c1-8-12-13(18-7-19-14(12)21)11(6-17)15(20-8)22-10-4-2-9(16)3-5-10/h2-5,7H,1H3,(H,18,19,21). The number of nitrogens with one attached hydrogen (secondary N) is 1. The summed E-state index contributed by atoms with van der Waals surface area (Å²) in [6, 6.07) is 8.65. The highest BCUT2D eigenvalue weighted by atomic mass is 35.5. The first-order valence-electron chi connectivity index (χ1n) is 6.31. The minimum Gasteiger partial charge on any atom is -0.438 e. The van der Waals surface area contributed by atoms with E-state index in [4.69, 9.17) is 16.3 Å². The molecule has 108 valence electrons. The van der Waals surface area contributed by atoms with Crippen LogP contribution in [0.2, 0.25) is 5.02 Å². The highest BCUT2D eigenvalue weighted by Gasteiger charge is 2.17. The number of nitrogens with zero attached hydrogens (tertiary/aromatic N) is 3. The zero-order valence-electron chi connectivity index (χ0n) is 11.4. The van der Waals surface area contributed by atoms with Gasteiger partial charge in [-0.15, -0.1) is 0 Å². The number of rotatable bonds is 2. The van der Waals surface area contributed by atoms with Gasteiger partial charge in [0, 0.05) is 5.02 Å². The van der Waals surface area contributed by atoms with E-state index in [1.54, 1.807) is 31.2 Å². The molecule has 7 heteroatoms. The molecule has 1 aromatic carbocycles. The molecule has 0 radical (unpaired) electrons. The van der Waals surface area contributed by atoms with Gasteiger partial charge in [0.05, 0.1) is 17.4 Å². The Morgan fingerprint density at radius 3 is 2.73 bits per heavy atom. The van der Waals surface area contributed by atoms with Gasteiger partial charge in [-0.2, -0.15) is 5.26 Å². The van der Waals surface area contributed by atoms with E-state index in [0.717, 1.165) is 0 Å². The summed E-state index contributed by atoms with van der Waals surface area (Å²) in [5, 5.41) is 10.2. The summed E-state index contributed by atoms with van der Waals surface area (Å²) in [5.41, 5.74) is 0.473. The van der Waals surface area contributed by atoms with Gasteiger partial charge in [0.25, 0.3) is 5.56 Å². The van der Waals surface area contributed by atoms with E-state index < -0.39 is 0 Å². The van der Waals surface area contributed by atoms with Crippen LogP contribution in [-0.2, 0) is 0 Å². The van der Waals surface area contributed by atoms with Crippen LogP contribution in [0.15, 0.2) is 35.4 Å². The van der Waals surface area contributed by atoms with Crippen LogP contribution in [0, 0.1) is 18.3 Å². The van der Waals surface area contributed by atoms with Crippen LogP contribution in [0.3, 0.4) is 0 Å². The number of hydrogen-bond donors (Lipinski definition) is 1. The Bertz CT molecular complexity index is 958. The summed E-state index contributed by atoms with van der Waals surface area (Å²) in [5.74, 6) is 0.588. The number of halogens is 1. The number of ether oxygens (including phenoxy) is 1. The van der Waals surface area contributed by atoms with Crippen molar-refractivity contribution >= 4 is 22.5 Å². The Hall–Kier alpha value is -2.91. The molecule has 22 heavy (non-hydrogen) atoms. The second-order valence-corrected chi connectivity index (χ2v) is 4.94. The SMILES string of the molecule is Cc1nc(Oc2ccc(Cl)cc2)c(C#N)c2nc[nH]c(=O)c12. The van der Waals surface area contributed by atoms with E-state index in [0.29, 0.717) is 16.5 Å². The lowest BCUT2D eigenvalue weighted by Gasteiger charge is -2.09. The number of aryl methyl sites for hydroxylation is 1. The summed E-state index contributed by atoms with van der Waals surface area (Å²) in [4.78, 5) is 22.6. The van der Waals surface area contributed by atoms with Crippen LogP contribution in [0.5, 0.6) is 11.6 Å². The average Bonchev–Trinajstić information content (AvgIpc) is 2.50. The lowest BCUT2D eigenvalue weighted by molar-refractivity contribution is 0.461. The van der Waals surface area contributed by atoms with E-state index in [2.05, 4.69) is 15.0 Å². The highest BCUT2D eigenvalue weighted by Crippen LogP contribution is 2.28. The van der Waals surface area contributed by atoms with E-state index in [1.807, 2.05) is 6.07 Å². The number of aromatic amines is 1. The summed E-state index contributed by atoms with van der Waals surface area (Å²) in [7, 11) is 0. The fraction of sp³-hybridized carbons (Fsp3) is 0.0667. The second kappa shape index (κ2) is 5.47. The second-order valence-electron chi connectivity index (χ2n) is 4.50. The Labute approximate surface area is 130 Å². The maximum atomic E-state index is 11.9. The molecule has 0 amide bonds.